The minimum absolute atomic E-state index is 0.401. The van der Waals surface area contributed by atoms with E-state index >= 15 is 0 Å². The second-order valence-corrected chi connectivity index (χ2v) is 2.85. The highest BCUT2D eigenvalue weighted by Crippen LogP contribution is 2.19. The molecular weight excluding hydrogens is 184 g/mol. The van der Waals surface area contributed by atoms with Gasteiger partial charge in [-0.1, -0.05) is 12.1 Å². The first-order valence-electron chi connectivity index (χ1n) is 4.16. The standard InChI is InChI=1S/C10H12O4/c1-14-8-4-2-7(3-5-8)9(6-11)10(12)13/h2-5,9,11H,6H2,1H3,(H,12,13). The molecule has 4 heteroatoms. The Morgan fingerprint density at radius 2 is 2.00 bits per heavy atom. The van der Waals surface area contributed by atoms with Gasteiger partial charge in [0.15, 0.2) is 0 Å². The Morgan fingerprint density at radius 3 is 2.36 bits per heavy atom. The highest BCUT2D eigenvalue weighted by molar-refractivity contribution is 5.76. The van der Waals surface area contributed by atoms with E-state index in [1.165, 1.54) is 7.11 Å². The molecule has 1 rings (SSSR count). The highest BCUT2D eigenvalue weighted by Gasteiger charge is 2.18. The van der Waals surface area contributed by atoms with Crippen LogP contribution >= 0.6 is 0 Å². The zero-order valence-electron chi connectivity index (χ0n) is 7.80. The van der Waals surface area contributed by atoms with Crippen LogP contribution in [0.5, 0.6) is 5.75 Å². The van der Waals surface area contributed by atoms with Crippen LogP contribution in [-0.4, -0.2) is 29.9 Å². The van der Waals surface area contributed by atoms with Crippen molar-refractivity contribution in [2.45, 2.75) is 5.92 Å². The zero-order chi connectivity index (χ0) is 10.6. The van der Waals surface area contributed by atoms with Crippen molar-refractivity contribution in [3.63, 3.8) is 0 Å². The highest BCUT2D eigenvalue weighted by atomic mass is 16.5. The zero-order valence-corrected chi connectivity index (χ0v) is 7.80. The molecule has 1 aromatic carbocycles. The monoisotopic (exact) mass is 196 g/mol. The van der Waals surface area contributed by atoms with E-state index < -0.39 is 18.5 Å². The van der Waals surface area contributed by atoms with Crippen LogP contribution in [0.15, 0.2) is 24.3 Å². The molecule has 1 aromatic rings. The van der Waals surface area contributed by atoms with Gasteiger partial charge in [-0.25, -0.2) is 0 Å². The molecule has 2 N–H and O–H groups in total. The lowest BCUT2D eigenvalue weighted by Crippen LogP contribution is -2.15. The van der Waals surface area contributed by atoms with Gasteiger partial charge in [-0.05, 0) is 17.7 Å². The van der Waals surface area contributed by atoms with Crippen LogP contribution in [0.4, 0.5) is 0 Å². The quantitative estimate of drug-likeness (QED) is 0.749. The number of carboxylic acids is 1. The molecule has 0 saturated heterocycles. The van der Waals surface area contributed by atoms with Gasteiger partial charge < -0.3 is 14.9 Å². The molecule has 0 aliphatic carbocycles. The van der Waals surface area contributed by atoms with Crippen molar-refractivity contribution in [2.24, 2.45) is 0 Å². The summed E-state index contributed by atoms with van der Waals surface area (Å²) in [6.07, 6.45) is 0. The summed E-state index contributed by atoms with van der Waals surface area (Å²) in [5, 5.41) is 17.6. The Hall–Kier alpha value is -1.55. The molecule has 0 heterocycles. The number of rotatable bonds is 4. The fourth-order valence-corrected chi connectivity index (χ4v) is 1.16. The second-order valence-electron chi connectivity index (χ2n) is 2.85. The average molecular weight is 196 g/mol. The van der Waals surface area contributed by atoms with E-state index in [1.54, 1.807) is 24.3 Å². The van der Waals surface area contributed by atoms with Crippen LogP contribution in [-0.2, 0) is 4.79 Å². The van der Waals surface area contributed by atoms with Crippen molar-refractivity contribution >= 4 is 5.97 Å². The summed E-state index contributed by atoms with van der Waals surface area (Å²) in [5.74, 6) is -1.23. The summed E-state index contributed by atoms with van der Waals surface area (Å²) in [5.41, 5.74) is 0.570. The maximum Gasteiger partial charge on any atom is 0.313 e. The van der Waals surface area contributed by atoms with E-state index in [2.05, 4.69) is 0 Å². The van der Waals surface area contributed by atoms with Crippen LogP contribution < -0.4 is 4.74 Å². The number of carbonyl (C=O) groups is 1. The fraction of sp³-hybridized carbons (Fsp3) is 0.300. The van der Waals surface area contributed by atoms with Gasteiger partial charge in [0.05, 0.1) is 13.7 Å². The molecule has 1 unspecified atom stereocenters. The number of ether oxygens (including phenoxy) is 1. The molecular formula is C10H12O4. The number of aliphatic hydroxyl groups excluding tert-OH is 1. The van der Waals surface area contributed by atoms with Gasteiger partial charge in [0.2, 0.25) is 0 Å². The van der Waals surface area contributed by atoms with E-state index in [0.717, 1.165) is 0 Å². The van der Waals surface area contributed by atoms with Gasteiger partial charge >= 0.3 is 5.97 Å². The Labute approximate surface area is 81.8 Å². The topological polar surface area (TPSA) is 66.8 Å². The predicted octanol–water partition coefficient (Wildman–Crippen LogP) is 0.856. The fourth-order valence-electron chi connectivity index (χ4n) is 1.16. The third-order valence-corrected chi connectivity index (χ3v) is 2.00. The molecule has 0 amide bonds. The van der Waals surface area contributed by atoms with Crippen LogP contribution in [0.1, 0.15) is 11.5 Å². The first kappa shape index (κ1) is 10.5. The minimum Gasteiger partial charge on any atom is -0.497 e. The van der Waals surface area contributed by atoms with E-state index in [0.29, 0.717) is 11.3 Å². The largest absolute Gasteiger partial charge is 0.497 e. The van der Waals surface area contributed by atoms with Gasteiger partial charge in [-0.15, -0.1) is 0 Å². The molecule has 1 atom stereocenters. The normalized spacial score (nSPS) is 12.1. The Bertz CT molecular complexity index is 304. The predicted molar refractivity (Wildman–Crippen MR) is 50.5 cm³/mol. The summed E-state index contributed by atoms with van der Waals surface area (Å²) in [6.45, 7) is -0.401. The van der Waals surface area contributed by atoms with Crippen LogP contribution in [0.3, 0.4) is 0 Å². The van der Waals surface area contributed by atoms with Gasteiger partial charge in [0.25, 0.3) is 0 Å². The van der Waals surface area contributed by atoms with Crippen molar-refractivity contribution < 1.29 is 19.7 Å². The summed E-state index contributed by atoms with van der Waals surface area (Å²) < 4.78 is 4.93. The first-order chi connectivity index (χ1) is 6.69. The Balaban J connectivity index is 2.89. The number of hydrogen-bond acceptors (Lipinski definition) is 3. The lowest BCUT2D eigenvalue weighted by Gasteiger charge is -2.09. The van der Waals surface area contributed by atoms with Crippen molar-refractivity contribution in [1.82, 2.24) is 0 Å². The minimum atomic E-state index is -1.03. The summed E-state index contributed by atoms with van der Waals surface area (Å²) in [7, 11) is 1.54. The lowest BCUT2D eigenvalue weighted by atomic mass is 10.0. The van der Waals surface area contributed by atoms with E-state index in [4.69, 9.17) is 14.9 Å². The van der Waals surface area contributed by atoms with Gasteiger partial charge in [0, 0.05) is 0 Å². The van der Waals surface area contributed by atoms with Gasteiger partial charge in [-0.3, -0.25) is 4.79 Å². The third-order valence-electron chi connectivity index (χ3n) is 2.00. The number of methoxy groups -OCH3 is 1. The van der Waals surface area contributed by atoms with E-state index in [9.17, 15) is 4.79 Å². The van der Waals surface area contributed by atoms with Gasteiger partial charge in [0.1, 0.15) is 11.7 Å². The summed E-state index contributed by atoms with van der Waals surface area (Å²) in [6, 6.07) is 6.60. The van der Waals surface area contributed by atoms with E-state index in [-0.39, 0.29) is 0 Å². The molecule has 4 nitrogen and oxygen atoms in total. The van der Waals surface area contributed by atoms with Crippen molar-refractivity contribution in [1.29, 1.82) is 0 Å². The number of aliphatic carboxylic acids is 1. The van der Waals surface area contributed by atoms with Crippen molar-refractivity contribution in [2.75, 3.05) is 13.7 Å². The summed E-state index contributed by atoms with van der Waals surface area (Å²) >= 11 is 0. The van der Waals surface area contributed by atoms with Crippen LogP contribution in [0.2, 0.25) is 0 Å². The van der Waals surface area contributed by atoms with Crippen LogP contribution in [0.25, 0.3) is 0 Å². The molecule has 0 spiro atoms. The van der Waals surface area contributed by atoms with Crippen molar-refractivity contribution in [3.8, 4) is 5.75 Å². The Kier molecular flexibility index (Phi) is 3.48. The SMILES string of the molecule is COc1ccc(C(CO)C(=O)O)cc1. The molecule has 0 aliphatic heterocycles. The number of aliphatic hydroxyl groups is 1. The second kappa shape index (κ2) is 4.62. The smallest absolute Gasteiger partial charge is 0.313 e. The van der Waals surface area contributed by atoms with Gasteiger partial charge in [-0.2, -0.15) is 0 Å². The van der Waals surface area contributed by atoms with Crippen molar-refractivity contribution in [3.05, 3.63) is 29.8 Å². The number of hydrogen-bond donors (Lipinski definition) is 2. The number of carboxylic acid groups (broad SMARTS) is 1. The maximum absolute atomic E-state index is 10.7. The molecule has 76 valence electrons. The first-order valence-corrected chi connectivity index (χ1v) is 4.16. The maximum atomic E-state index is 10.7. The van der Waals surface area contributed by atoms with E-state index in [1.807, 2.05) is 0 Å². The molecule has 0 aromatic heterocycles. The Morgan fingerprint density at radius 1 is 1.43 bits per heavy atom. The third kappa shape index (κ3) is 2.23. The molecule has 0 saturated carbocycles. The molecule has 14 heavy (non-hydrogen) atoms. The number of benzene rings is 1. The average Bonchev–Trinajstić information content (AvgIpc) is 2.19. The van der Waals surface area contributed by atoms with Crippen LogP contribution in [0, 0.1) is 0 Å². The summed E-state index contributed by atoms with van der Waals surface area (Å²) in [4.78, 5) is 10.7. The molecule has 0 bridgehead atoms. The molecule has 0 aliphatic rings. The molecule has 0 fully saturated rings. The molecule has 0 radical (unpaired) electrons. The lowest BCUT2D eigenvalue weighted by molar-refractivity contribution is -0.139.